The van der Waals surface area contributed by atoms with Crippen LogP contribution in [0.3, 0.4) is 0 Å². The molecular weight excluding hydrogens is 304 g/mol. The Morgan fingerprint density at radius 2 is 2.10 bits per heavy atom. The Labute approximate surface area is 117 Å². The maximum absolute atomic E-state index is 12.1. The van der Waals surface area contributed by atoms with Crippen LogP contribution < -0.4 is 15.2 Å². The first-order valence-electron chi connectivity index (χ1n) is 5.60. The molecule has 1 aromatic carbocycles. The van der Waals surface area contributed by atoms with Gasteiger partial charge in [0.05, 0.1) is 29.5 Å². The molecule has 0 aromatic heterocycles. The van der Waals surface area contributed by atoms with E-state index in [-0.39, 0.29) is 16.4 Å². The summed E-state index contributed by atoms with van der Waals surface area (Å²) in [5, 5.41) is 1.00. The Bertz CT molecular complexity index is 753. The summed E-state index contributed by atoms with van der Waals surface area (Å²) in [5.74, 6) is -0.0410. The minimum atomic E-state index is -3.84. The van der Waals surface area contributed by atoms with Gasteiger partial charge in [-0.3, -0.25) is 0 Å². The Hall–Kier alpha value is -1.58. The number of hydrogen-bond donors (Lipinski definition) is 2. The van der Waals surface area contributed by atoms with E-state index in [1.54, 1.807) is 0 Å². The minimum absolute atomic E-state index is 0.0405. The van der Waals surface area contributed by atoms with Crippen LogP contribution in [0.5, 0.6) is 5.75 Å². The number of nitrogen functional groups attached to an aromatic ring is 1. The molecule has 0 saturated heterocycles. The van der Waals surface area contributed by atoms with E-state index in [0.717, 1.165) is 5.41 Å². The Morgan fingerprint density at radius 1 is 1.40 bits per heavy atom. The highest BCUT2D eigenvalue weighted by molar-refractivity contribution is 7.94. The molecule has 0 radical (unpaired) electrons. The van der Waals surface area contributed by atoms with Crippen LogP contribution in [0.15, 0.2) is 34.6 Å². The van der Waals surface area contributed by atoms with E-state index in [0.29, 0.717) is 5.69 Å². The van der Waals surface area contributed by atoms with Gasteiger partial charge in [0.2, 0.25) is 10.0 Å². The van der Waals surface area contributed by atoms with Gasteiger partial charge in [-0.1, -0.05) is 6.08 Å². The highest BCUT2D eigenvalue weighted by Gasteiger charge is 2.27. The fourth-order valence-electron chi connectivity index (χ4n) is 1.78. The first kappa shape index (κ1) is 14.8. The van der Waals surface area contributed by atoms with Gasteiger partial charge >= 0.3 is 0 Å². The topological polar surface area (TPSA) is 116 Å². The van der Waals surface area contributed by atoms with Crippen molar-refractivity contribution >= 4 is 25.5 Å². The van der Waals surface area contributed by atoms with Crippen molar-refractivity contribution < 1.29 is 21.6 Å². The zero-order valence-electron chi connectivity index (χ0n) is 10.6. The predicted octanol–water partition coefficient (Wildman–Crippen LogP) is -0.134. The van der Waals surface area contributed by atoms with Crippen molar-refractivity contribution in [1.29, 1.82) is 0 Å². The first-order valence-corrected chi connectivity index (χ1v) is 8.80. The van der Waals surface area contributed by atoms with Crippen LogP contribution in [0.4, 0.5) is 5.69 Å². The summed E-state index contributed by atoms with van der Waals surface area (Å²) in [7, 11) is -5.79. The van der Waals surface area contributed by atoms with Crippen molar-refractivity contribution in [3.8, 4) is 5.75 Å². The lowest BCUT2D eigenvalue weighted by Gasteiger charge is -2.12. The molecule has 2 rings (SSSR count). The Morgan fingerprint density at radius 3 is 2.65 bits per heavy atom. The SMILES string of the molecule is COc1cc(S(=O)(=O)NC2C=CS(=O)(=O)C2)ccc1N. The molecule has 1 heterocycles. The van der Waals surface area contributed by atoms with Crippen LogP contribution in [0.1, 0.15) is 0 Å². The van der Waals surface area contributed by atoms with E-state index in [9.17, 15) is 16.8 Å². The lowest BCUT2D eigenvalue weighted by molar-refractivity contribution is 0.415. The largest absolute Gasteiger partial charge is 0.495 e. The molecule has 1 unspecified atom stereocenters. The van der Waals surface area contributed by atoms with Crippen molar-refractivity contribution in [3.63, 3.8) is 0 Å². The van der Waals surface area contributed by atoms with Crippen molar-refractivity contribution in [2.75, 3.05) is 18.6 Å². The van der Waals surface area contributed by atoms with Gasteiger partial charge in [-0.25, -0.2) is 21.6 Å². The zero-order chi connectivity index (χ0) is 15.0. The van der Waals surface area contributed by atoms with Crippen molar-refractivity contribution in [3.05, 3.63) is 29.7 Å². The van der Waals surface area contributed by atoms with E-state index in [4.69, 9.17) is 10.5 Å². The monoisotopic (exact) mass is 318 g/mol. The van der Waals surface area contributed by atoms with Crippen LogP contribution in [-0.2, 0) is 19.9 Å². The zero-order valence-corrected chi connectivity index (χ0v) is 12.2. The smallest absolute Gasteiger partial charge is 0.241 e. The molecule has 1 aliphatic heterocycles. The second kappa shape index (κ2) is 5.08. The van der Waals surface area contributed by atoms with Crippen LogP contribution in [-0.4, -0.2) is 35.7 Å². The number of sulfonamides is 1. The average Bonchev–Trinajstić information content (AvgIpc) is 2.68. The molecule has 1 aliphatic rings. The summed E-state index contributed by atoms with van der Waals surface area (Å²) in [6, 6.07) is 3.25. The number of sulfone groups is 1. The second-order valence-corrected chi connectivity index (χ2v) is 7.93. The quantitative estimate of drug-likeness (QED) is 0.747. The lowest BCUT2D eigenvalue weighted by atomic mass is 10.3. The summed E-state index contributed by atoms with van der Waals surface area (Å²) in [4.78, 5) is -0.0405. The summed E-state index contributed by atoms with van der Waals surface area (Å²) in [6.07, 6.45) is 1.31. The van der Waals surface area contributed by atoms with Crippen molar-refractivity contribution in [1.82, 2.24) is 4.72 Å². The third-order valence-electron chi connectivity index (χ3n) is 2.75. The van der Waals surface area contributed by atoms with E-state index < -0.39 is 25.9 Å². The molecular formula is C11H14N2O5S2. The maximum atomic E-state index is 12.1. The standard InChI is InChI=1S/C11H14N2O5S2/c1-18-11-6-9(2-3-10(11)12)20(16,17)13-8-4-5-19(14,15)7-8/h2-6,8,13H,7,12H2,1H3. The molecule has 3 N–H and O–H groups in total. The molecule has 7 nitrogen and oxygen atoms in total. The number of anilines is 1. The fraction of sp³-hybridized carbons (Fsp3) is 0.273. The molecule has 0 spiro atoms. The molecule has 9 heteroatoms. The van der Waals surface area contributed by atoms with Gasteiger partial charge in [-0.2, -0.15) is 0 Å². The molecule has 1 atom stereocenters. The Balaban J connectivity index is 2.26. The van der Waals surface area contributed by atoms with Crippen molar-refractivity contribution in [2.45, 2.75) is 10.9 Å². The third kappa shape index (κ3) is 3.11. The number of nitrogens with two attached hydrogens (primary N) is 1. The lowest BCUT2D eigenvalue weighted by Crippen LogP contribution is -2.35. The van der Waals surface area contributed by atoms with Gasteiger partial charge in [0, 0.05) is 11.5 Å². The number of nitrogens with one attached hydrogen (secondary N) is 1. The summed E-state index contributed by atoms with van der Waals surface area (Å²) < 4.78 is 54.0. The molecule has 0 aliphatic carbocycles. The van der Waals surface area contributed by atoms with E-state index in [1.165, 1.54) is 31.4 Å². The Kier molecular flexibility index (Phi) is 3.76. The fourth-order valence-corrected chi connectivity index (χ4v) is 4.32. The van der Waals surface area contributed by atoms with Gasteiger partial charge in [0.1, 0.15) is 5.75 Å². The van der Waals surface area contributed by atoms with Crippen LogP contribution in [0, 0.1) is 0 Å². The number of methoxy groups -OCH3 is 1. The number of hydrogen-bond acceptors (Lipinski definition) is 6. The van der Waals surface area contributed by atoms with Crippen LogP contribution >= 0.6 is 0 Å². The molecule has 110 valence electrons. The maximum Gasteiger partial charge on any atom is 0.241 e. The average molecular weight is 318 g/mol. The molecule has 0 bridgehead atoms. The van der Waals surface area contributed by atoms with Gasteiger partial charge in [-0.05, 0) is 12.1 Å². The molecule has 0 amide bonds. The first-order chi connectivity index (χ1) is 9.23. The highest BCUT2D eigenvalue weighted by atomic mass is 32.2. The van der Waals surface area contributed by atoms with Gasteiger partial charge < -0.3 is 10.5 Å². The van der Waals surface area contributed by atoms with E-state index in [2.05, 4.69) is 4.72 Å². The normalized spacial score (nSPS) is 20.9. The number of ether oxygens (including phenoxy) is 1. The van der Waals surface area contributed by atoms with Crippen LogP contribution in [0.2, 0.25) is 0 Å². The summed E-state index contributed by atoms with van der Waals surface area (Å²) in [6.45, 7) is 0. The second-order valence-electron chi connectivity index (χ2n) is 4.29. The molecule has 0 fully saturated rings. The summed E-state index contributed by atoms with van der Waals surface area (Å²) >= 11 is 0. The van der Waals surface area contributed by atoms with E-state index in [1.807, 2.05) is 0 Å². The van der Waals surface area contributed by atoms with Crippen LogP contribution in [0.25, 0.3) is 0 Å². The highest BCUT2D eigenvalue weighted by Crippen LogP contribution is 2.25. The number of rotatable bonds is 4. The minimum Gasteiger partial charge on any atom is -0.495 e. The predicted molar refractivity (Wildman–Crippen MR) is 74.4 cm³/mol. The molecule has 1 aromatic rings. The van der Waals surface area contributed by atoms with Gasteiger partial charge in [0.25, 0.3) is 0 Å². The third-order valence-corrected chi connectivity index (χ3v) is 5.63. The van der Waals surface area contributed by atoms with E-state index >= 15 is 0 Å². The summed E-state index contributed by atoms with van der Waals surface area (Å²) in [5.41, 5.74) is 5.93. The van der Waals surface area contributed by atoms with Gasteiger partial charge in [0.15, 0.2) is 9.84 Å². The van der Waals surface area contributed by atoms with Gasteiger partial charge in [-0.15, -0.1) is 0 Å². The molecule has 0 saturated carbocycles. The van der Waals surface area contributed by atoms with Crippen molar-refractivity contribution in [2.24, 2.45) is 0 Å². The number of benzene rings is 1. The molecule has 20 heavy (non-hydrogen) atoms.